The van der Waals surface area contributed by atoms with Gasteiger partial charge in [-0.25, -0.2) is 4.98 Å². The number of piperazine rings is 1. The predicted molar refractivity (Wildman–Crippen MR) is 117 cm³/mol. The second kappa shape index (κ2) is 7.98. The number of para-hydroxylation sites is 2. The first kappa shape index (κ1) is 19.5. The van der Waals surface area contributed by atoms with Crippen LogP contribution < -0.4 is 15.2 Å². The molecule has 3 aliphatic rings. The number of fused-ring (bicyclic) bond motifs is 2. The first-order valence-electron chi connectivity index (χ1n) is 10.6. The number of nitrogens with zero attached hydrogens (tertiary/aromatic N) is 4. The first-order valence-corrected chi connectivity index (χ1v) is 11.6. The normalized spacial score (nSPS) is 20.2. The SMILES string of the molecule is COc1ccccc1N1CCN(C(=O)C[C@@H]2CSc3nc4c(c(=O)n32)CCC4)CC1. The minimum Gasteiger partial charge on any atom is -0.495 e. The molecule has 7 nitrogen and oxygen atoms in total. The number of ether oxygens (including phenoxy) is 1. The van der Waals surface area contributed by atoms with Gasteiger partial charge in [0.1, 0.15) is 5.75 Å². The van der Waals surface area contributed by atoms with E-state index in [1.54, 1.807) is 23.4 Å². The van der Waals surface area contributed by atoms with Crippen LogP contribution in [0.5, 0.6) is 5.75 Å². The average Bonchev–Trinajstić information content (AvgIpc) is 3.41. The predicted octanol–water partition coefficient (Wildman–Crippen LogP) is 2.13. The van der Waals surface area contributed by atoms with E-state index < -0.39 is 0 Å². The molecule has 0 N–H and O–H groups in total. The molecule has 1 aromatic carbocycles. The molecule has 1 saturated heterocycles. The summed E-state index contributed by atoms with van der Waals surface area (Å²) in [6.45, 7) is 2.91. The second-order valence-electron chi connectivity index (χ2n) is 8.06. The molecule has 30 heavy (non-hydrogen) atoms. The van der Waals surface area contributed by atoms with Gasteiger partial charge >= 0.3 is 0 Å². The van der Waals surface area contributed by atoms with Crippen molar-refractivity contribution in [2.24, 2.45) is 0 Å². The Kier molecular flexibility index (Phi) is 5.18. The van der Waals surface area contributed by atoms with Crippen molar-refractivity contribution in [2.45, 2.75) is 36.9 Å². The fraction of sp³-hybridized carbons (Fsp3) is 0.500. The van der Waals surface area contributed by atoms with Gasteiger partial charge in [-0.3, -0.25) is 14.2 Å². The highest BCUT2D eigenvalue weighted by atomic mass is 32.2. The monoisotopic (exact) mass is 426 g/mol. The third-order valence-electron chi connectivity index (χ3n) is 6.34. The number of methoxy groups -OCH3 is 1. The van der Waals surface area contributed by atoms with Crippen LogP contribution in [-0.2, 0) is 17.6 Å². The Labute approximate surface area is 180 Å². The van der Waals surface area contributed by atoms with Crippen LogP contribution in [-0.4, -0.2) is 59.4 Å². The maximum absolute atomic E-state index is 13.0. The van der Waals surface area contributed by atoms with E-state index in [1.807, 2.05) is 23.1 Å². The van der Waals surface area contributed by atoms with Crippen molar-refractivity contribution in [3.05, 3.63) is 45.9 Å². The Balaban J connectivity index is 1.25. The zero-order valence-electron chi connectivity index (χ0n) is 17.2. The lowest BCUT2D eigenvalue weighted by atomic mass is 10.1. The molecule has 2 aliphatic heterocycles. The molecule has 1 aliphatic carbocycles. The molecule has 0 bridgehead atoms. The van der Waals surface area contributed by atoms with Crippen molar-refractivity contribution in [1.82, 2.24) is 14.5 Å². The molecule has 3 heterocycles. The Morgan fingerprint density at radius 3 is 2.80 bits per heavy atom. The number of amides is 1. The number of aryl methyl sites for hydroxylation is 1. The first-order chi connectivity index (χ1) is 14.7. The van der Waals surface area contributed by atoms with Crippen LogP contribution in [0.3, 0.4) is 0 Å². The number of hydrogen-bond acceptors (Lipinski definition) is 6. The topological polar surface area (TPSA) is 67.7 Å². The van der Waals surface area contributed by atoms with Crippen molar-refractivity contribution >= 4 is 23.4 Å². The van der Waals surface area contributed by atoms with Crippen molar-refractivity contribution < 1.29 is 9.53 Å². The zero-order chi connectivity index (χ0) is 20.7. The number of rotatable bonds is 4. The molecule has 1 fully saturated rings. The molecular formula is C22H26N4O3S. The molecule has 5 rings (SSSR count). The van der Waals surface area contributed by atoms with Crippen molar-refractivity contribution in [1.29, 1.82) is 0 Å². The van der Waals surface area contributed by atoms with Crippen LogP contribution in [0.15, 0.2) is 34.2 Å². The molecule has 0 unspecified atom stereocenters. The van der Waals surface area contributed by atoms with Gasteiger partial charge in [-0.2, -0.15) is 0 Å². The molecule has 1 amide bonds. The van der Waals surface area contributed by atoms with E-state index in [0.29, 0.717) is 19.5 Å². The number of benzene rings is 1. The molecule has 1 atom stereocenters. The van der Waals surface area contributed by atoms with Crippen LogP contribution in [0.4, 0.5) is 5.69 Å². The molecule has 0 spiro atoms. The summed E-state index contributed by atoms with van der Waals surface area (Å²) in [6.07, 6.45) is 3.09. The van der Waals surface area contributed by atoms with Gasteiger partial charge in [-0.15, -0.1) is 0 Å². The molecule has 0 radical (unpaired) electrons. The van der Waals surface area contributed by atoms with E-state index in [4.69, 9.17) is 9.72 Å². The van der Waals surface area contributed by atoms with Gasteiger partial charge in [0.2, 0.25) is 5.91 Å². The van der Waals surface area contributed by atoms with Crippen molar-refractivity contribution in [3.63, 3.8) is 0 Å². The number of carbonyl (C=O) groups excluding carboxylic acids is 1. The van der Waals surface area contributed by atoms with E-state index in [0.717, 1.165) is 66.0 Å². The lowest BCUT2D eigenvalue weighted by Crippen LogP contribution is -2.49. The number of anilines is 1. The quantitative estimate of drug-likeness (QED) is 0.698. The standard InChI is InChI=1S/C22H26N4O3S/c1-29-19-8-3-2-7-18(19)24-9-11-25(12-10-24)20(27)13-15-14-30-22-23-17-6-4-5-16(17)21(28)26(15)22/h2-3,7-8,15H,4-6,9-14H2,1H3/t15-/m1/s1. The van der Waals surface area contributed by atoms with Gasteiger partial charge in [0.15, 0.2) is 5.16 Å². The second-order valence-corrected chi connectivity index (χ2v) is 9.04. The lowest BCUT2D eigenvalue weighted by Gasteiger charge is -2.37. The van der Waals surface area contributed by atoms with E-state index in [1.165, 1.54) is 0 Å². The number of hydrogen-bond donors (Lipinski definition) is 0. The highest BCUT2D eigenvalue weighted by Crippen LogP contribution is 2.34. The summed E-state index contributed by atoms with van der Waals surface area (Å²) < 4.78 is 7.26. The summed E-state index contributed by atoms with van der Waals surface area (Å²) in [5, 5.41) is 0.791. The largest absolute Gasteiger partial charge is 0.495 e. The minimum atomic E-state index is -0.0874. The molecule has 158 valence electrons. The van der Waals surface area contributed by atoms with E-state index >= 15 is 0 Å². The van der Waals surface area contributed by atoms with Crippen LogP contribution in [0.25, 0.3) is 0 Å². The van der Waals surface area contributed by atoms with Gasteiger partial charge in [0.25, 0.3) is 5.56 Å². The summed E-state index contributed by atoms with van der Waals surface area (Å²) in [5.41, 5.74) is 2.98. The van der Waals surface area contributed by atoms with E-state index in [2.05, 4.69) is 11.0 Å². The Hall–Kier alpha value is -2.48. The number of thioether (sulfide) groups is 1. The van der Waals surface area contributed by atoms with E-state index in [9.17, 15) is 9.59 Å². The summed E-state index contributed by atoms with van der Waals surface area (Å²) in [5.74, 6) is 1.73. The molecule has 1 aromatic heterocycles. The molecular weight excluding hydrogens is 400 g/mol. The van der Waals surface area contributed by atoms with Gasteiger partial charge in [-0.1, -0.05) is 23.9 Å². The lowest BCUT2D eigenvalue weighted by molar-refractivity contribution is -0.132. The summed E-state index contributed by atoms with van der Waals surface area (Å²) in [7, 11) is 1.68. The zero-order valence-corrected chi connectivity index (χ0v) is 18.0. The third-order valence-corrected chi connectivity index (χ3v) is 7.44. The molecule has 8 heteroatoms. The van der Waals surface area contributed by atoms with Crippen LogP contribution in [0.2, 0.25) is 0 Å². The summed E-state index contributed by atoms with van der Waals surface area (Å²) in [4.78, 5) is 34.9. The van der Waals surface area contributed by atoms with Gasteiger partial charge in [-0.05, 0) is 31.4 Å². The van der Waals surface area contributed by atoms with Crippen molar-refractivity contribution in [3.8, 4) is 5.75 Å². The Morgan fingerprint density at radius 1 is 1.20 bits per heavy atom. The third kappa shape index (κ3) is 3.37. The summed E-state index contributed by atoms with van der Waals surface area (Å²) >= 11 is 1.61. The number of aromatic nitrogens is 2. The Morgan fingerprint density at radius 2 is 2.00 bits per heavy atom. The molecule has 0 saturated carbocycles. The van der Waals surface area contributed by atoms with Gasteiger partial charge in [0, 0.05) is 43.9 Å². The van der Waals surface area contributed by atoms with E-state index in [-0.39, 0.29) is 17.5 Å². The minimum absolute atomic E-state index is 0.0799. The number of carbonyl (C=O) groups is 1. The Bertz CT molecular complexity index is 1030. The highest BCUT2D eigenvalue weighted by Gasteiger charge is 2.33. The van der Waals surface area contributed by atoms with Crippen LogP contribution >= 0.6 is 11.8 Å². The highest BCUT2D eigenvalue weighted by molar-refractivity contribution is 7.99. The maximum Gasteiger partial charge on any atom is 0.257 e. The van der Waals surface area contributed by atoms with Gasteiger partial charge in [0.05, 0.1) is 24.5 Å². The summed E-state index contributed by atoms with van der Waals surface area (Å²) in [6, 6.07) is 7.90. The average molecular weight is 427 g/mol. The fourth-order valence-corrected chi connectivity index (χ4v) is 5.88. The maximum atomic E-state index is 13.0. The van der Waals surface area contributed by atoms with Crippen LogP contribution in [0.1, 0.15) is 30.1 Å². The fourth-order valence-electron chi connectivity index (χ4n) is 4.72. The smallest absolute Gasteiger partial charge is 0.257 e. The molecule has 2 aromatic rings. The van der Waals surface area contributed by atoms with Crippen LogP contribution in [0, 0.1) is 0 Å². The van der Waals surface area contributed by atoms with Gasteiger partial charge < -0.3 is 14.5 Å². The van der Waals surface area contributed by atoms with Crippen molar-refractivity contribution in [2.75, 3.05) is 43.9 Å².